The Bertz CT molecular complexity index is 409. The van der Waals surface area contributed by atoms with Crippen LogP contribution in [0.25, 0.3) is 0 Å². The van der Waals surface area contributed by atoms with E-state index in [1.807, 2.05) is 0 Å². The van der Waals surface area contributed by atoms with Crippen molar-refractivity contribution in [3.8, 4) is 0 Å². The van der Waals surface area contributed by atoms with Crippen LogP contribution in [-0.2, 0) is 0 Å². The first-order valence-electron chi connectivity index (χ1n) is 3.09. The van der Waals surface area contributed by atoms with E-state index in [0.29, 0.717) is 0 Å². The van der Waals surface area contributed by atoms with Crippen molar-refractivity contribution < 1.29 is 22.0 Å². The average molecular weight is 210 g/mol. The van der Waals surface area contributed by atoms with Crippen molar-refractivity contribution in [3.63, 3.8) is 0 Å². The molecule has 0 atom stereocenters. The molecule has 1 aromatic carbocycles. The van der Waals surface area contributed by atoms with E-state index in [2.05, 4.69) is 10.0 Å². The van der Waals surface area contributed by atoms with E-state index < -0.39 is 34.8 Å². The number of benzene rings is 1. The van der Waals surface area contributed by atoms with Gasteiger partial charge < -0.3 is 0 Å². The minimum atomic E-state index is -2.27. The quantitative estimate of drug-likeness (QED) is 0.243. The predicted molar refractivity (Wildman–Crippen MR) is 33.2 cm³/mol. The highest BCUT2D eigenvalue weighted by Crippen LogP contribution is 2.28. The van der Waals surface area contributed by atoms with E-state index in [1.54, 1.807) is 0 Å². The van der Waals surface area contributed by atoms with Gasteiger partial charge in [-0.15, -0.1) is 0 Å². The third kappa shape index (κ3) is 1.35. The standard InChI is InChI=1S/C6HF5N3/c7-1-2(8)4(10)6(13-14-12)5(11)3(1)9/h12H/q+1. The van der Waals surface area contributed by atoms with Crippen molar-refractivity contribution >= 4 is 5.69 Å². The fraction of sp³-hybridized carbons (Fsp3) is 0. The van der Waals surface area contributed by atoms with E-state index in [-0.39, 0.29) is 0 Å². The highest BCUT2D eigenvalue weighted by molar-refractivity contribution is 5.41. The highest BCUT2D eigenvalue weighted by Gasteiger charge is 2.28. The molecule has 0 bridgehead atoms. The molecule has 0 aliphatic carbocycles. The molecular formula is C6HF5N3+. The summed E-state index contributed by atoms with van der Waals surface area (Å²) < 4.78 is 62.5. The van der Waals surface area contributed by atoms with Crippen molar-refractivity contribution in [2.75, 3.05) is 0 Å². The first kappa shape index (κ1) is 10.3. The minimum absolute atomic E-state index is 1.48. The molecule has 0 heterocycles. The zero-order valence-corrected chi connectivity index (χ0v) is 6.28. The summed E-state index contributed by atoms with van der Waals surface area (Å²) in [6.07, 6.45) is 0. The van der Waals surface area contributed by atoms with Gasteiger partial charge in [-0.1, -0.05) is 0 Å². The van der Waals surface area contributed by atoms with Crippen LogP contribution in [0.2, 0.25) is 0 Å². The van der Waals surface area contributed by atoms with Gasteiger partial charge in [0.25, 0.3) is 0 Å². The molecule has 74 valence electrons. The Balaban J connectivity index is 3.67. The van der Waals surface area contributed by atoms with Crippen LogP contribution >= 0.6 is 0 Å². The second-order valence-electron chi connectivity index (χ2n) is 2.12. The van der Waals surface area contributed by atoms with Crippen LogP contribution in [0.4, 0.5) is 27.6 Å². The maximum absolute atomic E-state index is 12.6. The Morgan fingerprint density at radius 3 is 1.50 bits per heavy atom. The molecule has 1 aromatic rings. The molecule has 8 heteroatoms. The Hall–Kier alpha value is -1.82. The van der Waals surface area contributed by atoms with Gasteiger partial charge in [0.05, 0.1) is 0 Å². The average Bonchev–Trinajstić information content (AvgIpc) is 2.19. The smallest absolute Gasteiger partial charge is 0.201 e. The molecule has 0 aromatic heterocycles. The molecule has 1 N–H and O–H groups in total. The third-order valence-electron chi connectivity index (χ3n) is 1.34. The number of halogens is 5. The van der Waals surface area contributed by atoms with E-state index in [4.69, 9.17) is 5.53 Å². The van der Waals surface area contributed by atoms with Gasteiger partial charge in [-0.05, 0) is 0 Å². The van der Waals surface area contributed by atoms with Gasteiger partial charge in [0, 0.05) is 0 Å². The lowest BCUT2D eigenvalue weighted by Gasteiger charge is -1.98. The third-order valence-corrected chi connectivity index (χ3v) is 1.34. The van der Waals surface area contributed by atoms with E-state index in [9.17, 15) is 22.0 Å². The zero-order valence-electron chi connectivity index (χ0n) is 6.28. The Morgan fingerprint density at radius 2 is 1.14 bits per heavy atom. The molecule has 0 amide bonds. The van der Waals surface area contributed by atoms with Crippen molar-refractivity contribution in [2.24, 2.45) is 5.11 Å². The highest BCUT2D eigenvalue weighted by atomic mass is 19.2. The molecule has 14 heavy (non-hydrogen) atoms. The second-order valence-corrected chi connectivity index (χ2v) is 2.12. The molecule has 0 saturated heterocycles. The van der Waals surface area contributed by atoms with Gasteiger partial charge in [-0.25, -0.2) is 22.0 Å². The topological polar surface area (TPSA) is 50.3 Å². The van der Waals surface area contributed by atoms with Crippen LogP contribution in [0.3, 0.4) is 0 Å². The first-order valence-corrected chi connectivity index (χ1v) is 3.09. The van der Waals surface area contributed by atoms with Crippen LogP contribution in [-0.4, -0.2) is 0 Å². The maximum atomic E-state index is 12.6. The lowest BCUT2D eigenvalue weighted by molar-refractivity contribution is 0.380. The second kappa shape index (κ2) is 3.51. The van der Waals surface area contributed by atoms with E-state index >= 15 is 0 Å². The van der Waals surface area contributed by atoms with Gasteiger partial charge >= 0.3 is 0 Å². The fourth-order valence-corrected chi connectivity index (χ4v) is 0.731. The summed E-state index contributed by atoms with van der Waals surface area (Å²) in [7, 11) is 0. The largest absolute Gasteiger partial charge is 0.229 e. The molecule has 0 saturated carbocycles. The number of nitrogens with one attached hydrogen (secondary N) is 1. The Labute approximate surface area is 73.4 Å². The SMILES string of the molecule is N=[N+]=Nc1c(F)c(F)c(F)c(F)c1F. The zero-order chi connectivity index (χ0) is 10.9. The summed E-state index contributed by atoms with van der Waals surface area (Å²) in [5, 5.41) is 2.46. The lowest BCUT2D eigenvalue weighted by atomic mass is 10.2. The summed E-state index contributed by atoms with van der Waals surface area (Å²) in [5.41, 5.74) is 4.64. The van der Waals surface area contributed by atoms with Gasteiger partial charge in [-0.3, -0.25) is 0 Å². The Kier molecular flexibility index (Phi) is 2.57. The summed E-state index contributed by atoms with van der Waals surface area (Å²) in [5.74, 6) is -10.7. The number of hydrogen-bond donors (Lipinski definition) is 1. The van der Waals surface area contributed by atoms with Crippen LogP contribution in [0.5, 0.6) is 0 Å². The van der Waals surface area contributed by atoms with Crippen LogP contribution in [0, 0.1) is 34.6 Å². The molecule has 0 fully saturated rings. The van der Waals surface area contributed by atoms with Crippen molar-refractivity contribution in [3.05, 3.63) is 29.1 Å². The van der Waals surface area contributed by atoms with E-state index in [0.717, 1.165) is 0 Å². The molecule has 0 radical (unpaired) electrons. The maximum Gasteiger partial charge on any atom is 0.229 e. The summed E-state index contributed by atoms with van der Waals surface area (Å²) in [6.45, 7) is 0. The van der Waals surface area contributed by atoms with E-state index in [1.165, 1.54) is 0 Å². The summed E-state index contributed by atoms with van der Waals surface area (Å²) in [6, 6.07) is 0. The monoisotopic (exact) mass is 210 g/mol. The number of hydrogen-bond acceptors (Lipinski definition) is 2. The molecule has 3 nitrogen and oxygen atoms in total. The van der Waals surface area contributed by atoms with Gasteiger partial charge in [0.1, 0.15) is 5.53 Å². The fourth-order valence-electron chi connectivity index (χ4n) is 0.731. The summed E-state index contributed by atoms with van der Waals surface area (Å²) >= 11 is 0. The van der Waals surface area contributed by atoms with Crippen LogP contribution in [0.1, 0.15) is 0 Å². The Morgan fingerprint density at radius 1 is 0.786 bits per heavy atom. The number of rotatable bonds is 1. The van der Waals surface area contributed by atoms with Crippen LogP contribution < -0.4 is 4.91 Å². The molecular weight excluding hydrogens is 209 g/mol. The molecule has 0 aliphatic heterocycles. The molecule has 1 rings (SSSR count). The van der Waals surface area contributed by atoms with Gasteiger partial charge in [0.2, 0.25) is 16.4 Å². The van der Waals surface area contributed by atoms with Crippen molar-refractivity contribution in [2.45, 2.75) is 0 Å². The minimum Gasteiger partial charge on any atom is -0.201 e. The molecule has 0 aliphatic rings. The molecule has 0 unspecified atom stereocenters. The van der Waals surface area contributed by atoms with Crippen LogP contribution in [0.15, 0.2) is 5.11 Å². The predicted octanol–water partition coefficient (Wildman–Crippen LogP) is 2.56. The van der Waals surface area contributed by atoms with Crippen molar-refractivity contribution in [1.82, 2.24) is 4.91 Å². The normalized spacial score (nSPS) is 9.79. The van der Waals surface area contributed by atoms with Gasteiger partial charge in [0.15, 0.2) is 28.4 Å². The first-order chi connectivity index (χ1) is 6.50. The number of nitrogens with zero attached hydrogens (tertiary/aromatic N) is 2. The van der Waals surface area contributed by atoms with Crippen molar-refractivity contribution in [1.29, 1.82) is 5.53 Å². The molecule has 0 spiro atoms. The van der Waals surface area contributed by atoms with Gasteiger partial charge in [-0.2, -0.15) is 0 Å². The summed E-state index contributed by atoms with van der Waals surface area (Å²) in [4.78, 5) is 2.18. The lowest BCUT2D eigenvalue weighted by Crippen LogP contribution is -2.00.